The molecular formula is C15H21N3O2S. The zero-order chi connectivity index (χ0) is 15.2. The van der Waals surface area contributed by atoms with Gasteiger partial charge in [-0.2, -0.15) is 5.10 Å². The van der Waals surface area contributed by atoms with Crippen LogP contribution in [0.1, 0.15) is 35.1 Å². The van der Waals surface area contributed by atoms with Gasteiger partial charge in [-0.3, -0.25) is 9.48 Å². The number of hydrogen-bond acceptors (Lipinski definition) is 4. The molecule has 0 spiro atoms. The maximum Gasteiger partial charge on any atom is 0.254 e. The first-order valence-electron chi connectivity index (χ1n) is 7.05. The van der Waals surface area contributed by atoms with Gasteiger partial charge in [-0.05, 0) is 31.7 Å². The van der Waals surface area contributed by atoms with Gasteiger partial charge in [0.05, 0.1) is 11.8 Å². The van der Waals surface area contributed by atoms with E-state index in [1.165, 1.54) is 4.88 Å². The lowest BCUT2D eigenvalue weighted by Crippen LogP contribution is -2.31. The van der Waals surface area contributed by atoms with Crippen LogP contribution in [-0.2, 0) is 6.42 Å². The molecule has 0 saturated carbocycles. The molecule has 0 aliphatic heterocycles. The second-order valence-electron chi connectivity index (χ2n) is 5.34. The Morgan fingerprint density at radius 1 is 1.52 bits per heavy atom. The molecule has 0 fully saturated rings. The second kappa shape index (κ2) is 7.38. The van der Waals surface area contributed by atoms with Crippen molar-refractivity contribution in [1.29, 1.82) is 0 Å². The van der Waals surface area contributed by atoms with Gasteiger partial charge < -0.3 is 10.4 Å². The Labute approximate surface area is 128 Å². The van der Waals surface area contributed by atoms with E-state index in [0.29, 0.717) is 12.1 Å². The van der Waals surface area contributed by atoms with Crippen molar-refractivity contribution in [2.75, 3.05) is 13.2 Å². The van der Waals surface area contributed by atoms with E-state index < -0.39 is 0 Å². The molecule has 1 atom stereocenters. The molecule has 1 unspecified atom stereocenters. The zero-order valence-corrected chi connectivity index (χ0v) is 13.1. The van der Waals surface area contributed by atoms with Crippen molar-refractivity contribution in [3.8, 4) is 0 Å². The zero-order valence-electron chi connectivity index (χ0n) is 12.3. The summed E-state index contributed by atoms with van der Waals surface area (Å²) in [6, 6.07) is 4.27. The topological polar surface area (TPSA) is 67.2 Å². The number of aliphatic hydroxyl groups is 1. The molecule has 114 valence electrons. The number of nitrogens with zero attached hydrogens (tertiary/aromatic N) is 2. The van der Waals surface area contributed by atoms with E-state index in [9.17, 15) is 9.90 Å². The van der Waals surface area contributed by atoms with Crippen molar-refractivity contribution in [3.63, 3.8) is 0 Å². The van der Waals surface area contributed by atoms with Crippen LogP contribution >= 0.6 is 11.3 Å². The van der Waals surface area contributed by atoms with Crippen LogP contribution in [0.3, 0.4) is 0 Å². The molecule has 5 nitrogen and oxygen atoms in total. The first-order valence-corrected chi connectivity index (χ1v) is 7.93. The molecule has 2 aromatic rings. The fraction of sp³-hybridized carbons (Fsp3) is 0.467. The number of carbonyl (C=O) groups is 1. The maximum absolute atomic E-state index is 12.1. The summed E-state index contributed by atoms with van der Waals surface area (Å²) in [5.74, 6) is -0.112. The van der Waals surface area contributed by atoms with Crippen molar-refractivity contribution < 1.29 is 9.90 Å². The maximum atomic E-state index is 12.1. The van der Waals surface area contributed by atoms with E-state index in [2.05, 4.69) is 10.4 Å². The summed E-state index contributed by atoms with van der Waals surface area (Å²) in [7, 11) is 0. The third kappa shape index (κ3) is 4.41. The fourth-order valence-electron chi connectivity index (χ4n) is 1.99. The lowest BCUT2D eigenvalue weighted by molar-refractivity contribution is 0.0940. The van der Waals surface area contributed by atoms with Crippen LogP contribution in [0.4, 0.5) is 0 Å². The number of aliphatic hydroxyl groups excluding tert-OH is 1. The van der Waals surface area contributed by atoms with Gasteiger partial charge in [0.2, 0.25) is 0 Å². The summed E-state index contributed by atoms with van der Waals surface area (Å²) in [6.07, 6.45) is 4.09. The summed E-state index contributed by atoms with van der Waals surface area (Å²) in [4.78, 5) is 13.3. The monoisotopic (exact) mass is 307 g/mol. The molecule has 2 N–H and O–H groups in total. The number of hydrogen-bond donors (Lipinski definition) is 2. The molecule has 0 aliphatic carbocycles. The minimum absolute atomic E-state index is 0.0349. The van der Waals surface area contributed by atoms with Gasteiger partial charge >= 0.3 is 0 Å². The molecular weight excluding hydrogens is 286 g/mol. The van der Waals surface area contributed by atoms with Gasteiger partial charge in [0.1, 0.15) is 0 Å². The van der Waals surface area contributed by atoms with Gasteiger partial charge in [-0.15, -0.1) is 11.3 Å². The molecule has 2 heterocycles. The van der Waals surface area contributed by atoms with E-state index in [4.69, 9.17) is 0 Å². The SMILES string of the molecule is CC(C)n1cc(C(=O)NCC(CO)Cc2cccs2)cn1. The highest BCUT2D eigenvalue weighted by atomic mass is 32.1. The first kappa shape index (κ1) is 15.7. The molecule has 0 saturated heterocycles. The minimum atomic E-state index is -0.147. The molecule has 0 aliphatic rings. The summed E-state index contributed by atoms with van der Waals surface area (Å²) < 4.78 is 1.75. The number of carbonyl (C=O) groups excluding carboxylic acids is 1. The molecule has 6 heteroatoms. The van der Waals surface area contributed by atoms with Crippen LogP contribution < -0.4 is 5.32 Å². The van der Waals surface area contributed by atoms with Gasteiger partial charge in [-0.25, -0.2) is 0 Å². The van der Waals surface area contributed by atoms with Crippen LogP contribution in [0.15, 0.2) is 29.9 Å². The van der Waals surface area contributed by atoms with E-state index >= 15 is 0 Å². The van der Waals surface area contributed by atoms with E-state index in [1.54, 1.807) is 28.4 Å². The average Bonchev–Trinajstić information content (AvgIpc) is 3.13. The smallest absolute Gasteiger partial charge is 0.254 e. The third-order valence-electron chi connectivity index (χ3n) is 3.27. The summed E-state index contributed by atoms with van der Waals surface area (Å²) in [5.41, 5.74) is 0.552. The molecule has 2 aromatic heterocycles. The lowest BCUT2D eigenvalue weighted by atomic mass is 10.1. The highest BCUT2D eigenvalue weighted by Crippen LogP contribution is 2.14. The summed E-state index contributed by atoms with van der Waals surface area (Å²) in [6.45, 7) is 4.54. The molecule has 1 amide bonds. The van der Waals surface area contributed by atoms with Crippen molar-refractivity contribution in [3.05, 3.63) is 40.3 Å². The second-order valence-corrected chi connectivity index (χ2v) is 6.38. The minimum Gasteiger partial charge on any atom is -0.396 e. The van der Waals surface area contributed by atoms with Crippen LogP contribution in [0.25, 0.3) is 0 Å². The average molecular weight is 307 g/mol. The lowest BCUT2D eigenvalue weighted by Gasteiger charge is -2.13. The molecule has 0 radical (unpaired) electrons. The summed E-state index contributed by atoms with van der Waals surface area (Å²) >= 11 is 1.67. The van der Waals surface area contributed by atoms with Crippen LogP contribution in [-0.4, -0.2) is 33.9 Å². The number of thiophene rings is 1. The Bertz CT molecular complexity index is 563. The predicted octanol–water partition coefficient (Wildman–Crippen LogP) is 2.11. The molecule has 21 heavy (non-hydrogen) atoms. The van der Waals surface area contributed by atoms with Crippen LogP contribution in [0, 0.1) is 5.92 Å². The quantitative estimate of drug-likeness (QED) is 0.823. The highest BCUT2D eigenvalue weighted by molar-refractivity contribution is 7.09. The van der Waals surface area contributed by atoms with E-state index in [-0.39, 0.29) is 24.5 Å². The summed E-state index contributed by atoms with van der Waals surface area (Å²) in [5, 5.41) is 18.5. The van der Waals surface area contributed by atoms with Crippen molar-refractivity contribution in [1.82, 2.24) is 15.1 Å². The Kier molecular flexibility index (Phi) is 5.52. The van der Waals surface area contributed by atoms with Crippen molar-refractivity contribution >= 4 is 17.2 Å². The van der Waals surface area contributed by atoms with Gasteiger partial charge in [-0.1, -0.05) is 6.07 Å². The van der Waals surface area contributed by atoms with Gasteiger partial charge in [0.15, 0.2) is 0 Å². The Hall–Kier alpha value is -1.66. The standard InChI is InChI=1S/C15H21N3O2S/c1-11(2)18-9-13(8-17-18)15(20)16-7-12(10-19)6-14-4-3-5-21-14/h3-5,8-9,11-12,19H,6-7,10H2,1-2H3,(H,16,20). The normalized spacial score (nSPS) is 12.6. The number of rotatable bonds is 7. The Balaban J connectivity index is 1.86. The van der Waals surface area contributed by atoms with Crippen molar-refractivity contribution in [2.45, 2.75) is 26.3 Å². The highest BCUT2D eigenvalue weighted by Gasteiger charge is 2.14. The van der Waals surface area contributed by atoms with Crippen molar-refractivity contribution in [2.24, 2.45) is 5.92 Å². The third-order valence-corrected chi connectivity index (χ3v) is 4.17. The molecule has 0 aromatic carbocycles. The van der Waals surface area contributed by atoms with Gasteiger partial charge in [0, 0.05) is 36.2 Å². The number of amides is 1. The number of nitrogens with one attached hydrogen (secondary N) is 1. The molecule has 0 bridgehead atoms. The van der Waals surface area contributed by atoms with Gasteiger partial charge in [0.25, 0.3) is 5.91 Å². The Morgan fingerprint density at radius 3 is 2.90 bits per heavy atom. The van der Waals surface area contributed by atoms with Crippen LogP contribution in [0.5, 0.6) is 0 Å². The first-order chi connectivity index (χ1) is 10.1. The van der Waals surface area contributed by atoms with E-state index in [0.717, 1.165) is 6.42 Å². The van der Waals surface area contributed by atoms with E-state index in [1.807, 2.05) is 31.4 Å². The fourth-order valence-corrected chi connectivity index (χ4v) is 2.81. The predicted molar refractivity (Wildman–Crippen MR) is 83.5 cm³/mol. The Morgan fingerprint density at radius 2 is 2.33 bits per heavy atom. The molecule has 2 rings (SSSR count). The largest absolute Gasteiger partial charge is 0.396 e. The van der Waals surface area contributed by atoms with Crippen LogP contribution in [0.2, 0.25) is 0 Å². The number of aromatic nitrogens is 2.